The van der Waals surface area contributed by atoms with Gasteiger partial charge in [0.15, 0.2) is 0 Å². The quantitative estimate of drug-likeness (QED) is 0.789. The van der Waals surface area contributed by atoms with E-state index in [9.17, 15) is 0 Å². The van der Waals surface area contributed by atoms with E-state index in [0.717, 1.165) is 56.2 Å². The number of nitrogen functional groups attached to an aromatic ring is 1. The van der Waals surface area contributed by atoms with Crippen LogP contribution >= 0.6 is 0 Å². The molecule has 0 aromatic heterocycles. The van der Waals surface area contributed by atoms with Crippen molar-refractivity contribution in [3.8, 4) is 5.75 Å². The fraction of sp³-hybridized carbons (Fsp3) is 0.571. The van der Waals surface area contributed by atoms with Crippen molar-refractivity contribution in [1.82, 2.24) is 0 Å². The topological polar surface area (TPSA) is 56.5 Å². The highest BCUT2D eigenvalue weighted by Gasteiger charge is 2.13. The summed E-state index contributed by atoms with van der Waals surface area (Å²) in [5.41, 5.74) is 7.62. The Bertz CT molecular complexity index is 376. The summed E-state index contributed by atoms with van der Waals surface area (Å²) in [5.74, 6) is 0.830. The van der Waals surface area contributed by atoms with Crippen LogP contribution in [0.15, 0.2) is 18.2 Å². The molecule has 0 bridgehead atoms. The molecule has 1 aromatic rings. The van der Waals surface area contributed by atoms with Crippen LogP contribution < -0.4 is 15.8 Å². The predicted molar refractivity (Wildman–Crippen MR) is 74.1 cm³/mol. The van der Waals surface area contributed by atoms with E-state index in [-0.39, 0.29) is 0 Å². The maximum atomic E-state index is 5.89. The third-order valence-electron chi connectivity index (χ3n) is 2.93. The summed E-state index contributed by atoms with van der Waals surface area (Å²) >= 11 is 0. The molecule has 1 heterocycles. The van der Waals surface area contributed by atoms with E-state index in [1.807, 2.05) is 18.2 Å². The van der Waals surface area contributed by atoms with Crippen molar-refractivity contribution in [3.63, 3.8) is 0 Å². The van der Waals surface area contributed by atoms with Gasteiger partial charge in [-0.2, -0.15) is 0 Å². The number of hydrogen-bond acceptors (Lipinski definition) is 4. The molecule has 0 amide bonds. The molecule has 2 rings (SSSR count). The maximum Gasteiger partial charge on any atom is 0.123 e. The standard InChI is InChI=1S/C14H22N2O2/c1-2-5-18-14-8-11(15)7-13(9-14)16-12-4-3-6-17-10-12/h7-9,12,16H,2-6,10,15H2,1H3. The minimum Gasteiger partial charge on any atom is -0.493 e. The first kappa shape index (κ1) is 13.0. The second kappa shape index (κ2) is 6.50. The van der Waals surface area contributed by atoms with Crippen LogP contribution in [-0.2, 0) is 4.74 Å². The summed E-state index contributed by atoms with van der Waals surface area (Å²) in [6.45, 7) is 4.44. The summed E-state index contributed by atoms with van der Waals surface area (Å²) in [6.07, 6.45) is 3.24. The number of hydrogen-bond donors (Lipinski definition) is 2. The van der Waals surface area contributed by atoms with Crippen molar-refractivity contribution in [1.29, 1.82) is 0 Å². The van der Waals surface area contributed by atoms with Crippen molar-refractivity contribution in [3.05, 3.63) is 18.2 Å². The minimum absolute atomic E-state index is 0.375. The van der Waals surface area contributed by atoms with Crippen molar-refractivity contribution in [2.24, 2.45) is 0 Å². The third-order valence-corrected chi connectivity index (χ3v) is 2.93. The lowest BCUT2D eigenvalue weighted by molar-refractivity contribution is 0.0876. The first-order valence-corrected chi connectivity index (χ1v) is 6.65. The van der Waals surface area contributed by atoms with Crippen LogP contribution in [0, 0.1) is 0 Å². The molecule has 0 aliphatic carbocycles. The Hall–Kier alpha value is -1.42. The van der Waals surface area contributed by atoms with E-state index < -0.39 is 0 Å². The van der Waals surface area contributed by atoms with Crippen LogP contribution in [0.2, 0.25) is 0 Å². The van der Waals surface area contributed by atoms with Gasteiger partial charge in [-0.15, -0.1) is 0 Å². The summed E-state index contributed by atoms with van der Waals surface area (Å²) in [6, 6.07) is 6.17. The van der Waals surface area contributed by atoms with E-state index >= 15 is 0 Å². The van der Waals surface area contributed by atoms with Gasteiger partial charge in [0, 0.05) is 36.2 Å². The highest BCUT2D eigenvalue weighted by atomic mass is 16.5. The van der Waals surface area contributed by atoms with Gasteiger partial charge in [-0.3, -0.25) is 0 Å². The van der Waals surface area contributed by atoms with E-state index in [1.54, 1.807) is 0 Å². The van der Waals surface area contributed by atoms with Gasteiger partial charge in [-0.05, 0) is 25.3 Å². The molecule has 100 valence electrons. The molecular formula is C14H22N2O2. The van der Waals surface area contributed by atoms with Gasteiger partial charge >= 0.3 is 0 Å². The van der Waals surface area contributed by atoms with Gasteiger partial charge in [0.25, 0.3) is 0 Å². The van der Waals surface area contributed by atoms with Gasteiger partial charge in [-0.25, -0.2) is 0 Å². The predicted octanol–water partition coefficient (Wildman–Crippen LogP) is 2.65. The van der Waals surface area contributed by atoms with Gasteiger partial charge in [0.1, 0.15) is 5.75 Å². The molecule has 1 aliphatic heterocycles. The molecule has 3 N–H and O–H groups in total. The Labute approximate surface area is 108 Å². The molecule has 4 heteroatoms. The molecule has 1 aliphatic rings. The van der Waals surface area contributed by atoms with Crippen LogP contribution in [0.5, 0.6) is 5.75 Å². The molecule has 1 unspecified atom stereocenters. The number of benzene rings is 1. The van der Waals surface area contributed by atoms with Crippen LogP contribution in [0.3, 0.4) is 0 Å². The number of nitrogens with two attached hydrogens (primary N) is 1. The zero-order valence-electron chi connectivity index (χ0n) is 10.9. The minimum atomic E-state index is 0.375. The highest BCUT2D eigenvalue weighted by molar-refractivity contribution is 5.59. The summed E-state index contributed by atoms with van der Waals surface area (Å²) in [4.78, 5) is 0. The van der Waals surface area contributed by atoms with E-state index in [0.29, 0.717) is 6.04 Å². The normalized spacial score (nSPS) is 19.5. The van der Waals surface area contributed by atoms with Crippen molar-refractivity contribution >= 4 is 11.4 Å². The smallest absolute Gasteiger partial charge is 0.123 e. The Morgan fingerprint density at radius 3 is 3.06 bits per heavy atom. The monoisotopic (exact) mass is 250 g/mol. The molecule has 1 fully saturated rings. The Balaban J connectivity index is 1.99. The van der Waals surface area contributed by atoms with Gasteiger partial charge in [0.05, 0.1) is 13.2 Å². The molecule has 18 heavy (non-hydrogen) atoms. The maximum absolute atomic E-state index is 5.89. The molecule has 0 saturated carbocycles. The van der Waals surface area contributed by atoms with E-state index in [1.165, 1.54) is 0 Å². The number of ether oxygens (including phenoxy) is 2. The van der Waals surface area contributed by atoms with Crippen molar-refractivity contribution in [2.45, 2.75) is 32.2 Å². The fourth-order valence-electron chi connectivity index (χ4n) is 2.10. The molecular weight excluding hydrogens is 228 g/mol. The Morgan fingerprint density at radius 1 is 1.44 bits per heavy atom. The second-order valence-corrected chi connectivity index (χ2v) is 4.70. The van der Waals surface area contributed by atoms with Gasteiger partial charge in [-0.1, -0.05) is 6.92 Å². The van der Waals surface area contributed by atoms with E-state index in [2.05, 4.69) is 12.2 Å². The molecule has 1 saturated heterocycles. The largest absolute Gasteiger partial charge is 0.493 e. The lowest BCUT2D eigenvalue weighted by Crippen LogP contribution is -2.29. The molecule has 4 nitrogen and oxygen atoms in total. The zero-order valence-corrected chi connectivity index (χ0v) is 10.9. The molecule has 0 radical (unpaired) electrons. The average Bonchev–Trinajstić information content (AvgIpc) is 2.37. The lowest BCUT2D eigenvalue weighted by atomic mass is 10.1. The lowest BCUT2D eigenvalue weighted by Gasteiger charge is -2.24. The molecule has 1 aromatic carbocycles. The first-order valence-electron chi connectivity index (χ1n) is 6.65. The second-order valence-electron chi connectivity index (χ2n) is 4.70. The van der Waals surface area contributed by atoms with Crippen LogP contribution in [0.4, 0.5) is 11.4 Å². The number of rotatable bonds is 5. The highest BCUT2D eigenvalue weighted by Crippen LogP contribution is 2.24. The summed E-state index contributed by atoms with van der Waals surface area (Å²) in [7, 11) is 0. The Kier molecular flexibility index (Phi) is 4.70. The first-order chi connectivity index (χ1) is 8.78. The number of anilines is 2. The zero-order chi connectivity index (χ0) is 12.8. The van der Waals surface area contributed by atoms with Gasteiger partial charge < -0.3 is 20.5 Å². The fourth-order valence-corrected chi connectivity index (χ4v) is 2.10. The Morgan fingerprint density at radius 2 is 2.33 bits per heavy atom. The van der Waals surface area contributed by atoms with Crippen LogP contribution in [-0.4, -0.2) is 25.9 Å². The van der Waals surface area contributed by atoms with Crippen molar-refractivity contribution in [2.75, 3.05) is 30.9 Å². The summed E-state index contributed by atoms with van der Waals surface area (Å²) in [5, 5.41) is 3.45. The molecule has 1 atom stereocenters. The SMILES string of the molecule is CCCOc1cc(N)cc(NC2CCCOC2)c1. The average molecular weight is 250 g/mol. The van der Waals surface area contributed by atoms with E-state index in [4.69, 9.17) is 15.2 Å². The summed E-state index contributed by atoms with van der Waals surface area (Å²) < 4.78 is 11.1. The molecule has 0 spiro atoms. The van der Waals surface area contributed by atoms with Crippen LogP contribution in [0.1, 0.15) is 26.2 Å². The van der Waals surface area contributed by atoms with Crippen molar-refractivity contribution < 1.29 is 9.47 Å². The number of nitrogens with one attached hydrogen (secondary N) is 1. The van der Waals surface area contributed by atoms with Crippen LogP contribution in [0.25, 0.3) is 0 Å². The third kappa shape index (κ3) is 3.81. The van der Waals surface area contributed by atoms with Gasteiger partial charge in [0.2, 0.25) is 0 Å².